The van der Waals surface area contributed by atoms with Gasteiger partial charge < -0.3 is 0 Å². The van der Waals surface area contributed by atoms with Crippen molar-refractivity contribution in [2.24, 2.45) is 17.8 Å². The van der Waals surface area contributed by atoms with Crippen molar-refractivity contribution < 1.29 is 18.3 Å². The van der Waals surface area contributed by atoms with Gasteiger partial charge in [-0.05, 0) is 0 Å². The van der Waals surface area contributed by atoms with E-state index in [1.165, 1.54) is 38.5 Å². The summed E-state index contributed by atoms with van der Waals surface area (Å²) in [5.41, 5.74) is 1.17. The molecule has 116 valence electrons. The second-order valence-electron chi connectivity index (χ2n) is 7.05. The molecule has 4 aliphatic rings. The summed E-state index contributed by atoms with van der Waals surface area (Å²) < 4.78 is 8.62. The van der Waals surface area contributed by atoms with E-state index in [-0.39, 0.29) is 5.60 Å². The van der Waals surface area contributed by atoms with Gasteiger partial charge in [-0.25, -0.2) is 0 Å². The molecular formula is C17H20Cl2ORu. The molecule has 1 nitrogen and oxygen atoms in total. The minimum absolute atomic E-state index is 0.0921. The first-order chi connectivity index (χ1) is 10.1. The Hall–Kier alpha value is 0.0934. The maximum atomic E-state index is 6.62. The molecule has 4 bridgehead atoms. The van der Waals surface area contributed by atoms with Crippen molar-refractivity contribution in [2.45, 2.75) is 44.1 Å². The number of para-hydroxylation sites is 1. The van der Waals surface area contributed by atoms with Gasteiger partial charge in [0.1, 0.15) is 0 Å². The fraction of sp³-hybridized carbons (Fsp3) is 0.588. The summed E-state index contributed by atoms with van der Waals surface area (Å²) in [6.07, 6.45) is 8.06. The van der Waals surface area contributed by atoms with Crippen LogP contribution in [0.1, 0.15) is 44.1 Å². The average Bonchev–Trinajstić information content (AvgIpc) is 2.38. The molecule has 21 heavy (non-hydrogen) atoms. The number of halogens is 2. The second-order valence-corrected chi connectivity index (χ2v) is 12.8. The van der Waals surface area contributed by atoms with Crippen molar-refractivity contribution in [1.82, 2.24) is 0 Å². The zero-order valence-electron chi connectivity index (χ0n) is 11.9. The van der Waals surface area contributed by atoms with E-state index in [4.69, 9.17) is 24.1 Å². The SMILES string of the molecule is [Cl][Ru]([Cl])=[CH]c1ccccc1OC12CC3CC(CC(C3)C1)C2. The van der Waals surface area contributed by atoms with Crippen LogP contribution in [0.15, 0.2) is 24.3 Å². The molecular weight excluding hydrogens is 392 g/mol. The van der Waals surface area contributed by atoms with Crippen molar-refractivity contribution in [1.29, 1.82) is 0 Å². The van der Waals surface area contributed by atoms with Gasteiger partial charge in [0, 0.05) is 0 Å². The zero-order chi connectivity index (χ0) is 14.4. The van der Waals surface area contributed by atoms with E-state index in [0.29, 0.717) is 0 Å². The molecule has 0 atom stereocenters. The molecule has 4 heteroatoms. The fourth-order valence-corrected chi connectivity index (χ4v) is 6.94. The van der Waals surface area contributed by atoms with Gasteiger partial charge in [0.15, 0.2) is 0 Å². The minimum atomic E-state index is -1.82. The van der Waals surface area contributed by atoms with E-state index < -0.39 is 13.5 Å². The molecule has 0 aliphatic heterocycles. The number of hydrogen-bond acceptors (Lipinski definition) is 1. The number of ether oxygens (including phenoxy) is 1. The van der Waals surface area contributed by atoms with Crippen molar-refractivity contribution in [3.63, 3.8) is 0 Å². The second kappa shape index (κ2) is 5.62. The predicted octanol–water partition coefficient (Wildman–Crippen LogP) is 5.11. The van der Waals surface area contributed by atoms with E-state index >= 15 is 0 Å². The van der Waals surface area contributed by atoms with Gasteiger partial charge in [0.2, 0.25) is 0 Å². The Balaban J connectivity index is 1.63. The third-order valence-electron chi connectivity index (χ3n) is 5.41. The first-order valence-corrected chi connectivity index (χ1v) is 13.2. The molecule has 0 amide bonds. The van der Waals surface area contributed by atoms with Gasteiger partial charge in [-0.15, -0.1) is 0 Å². The Kier molecular flexibility index (Phi) is 3.93. The van der Waals surface area contributed by atoms with Gasteiger partial charge in [0.05, 0.1) is 0 Å². The van der Waals surface area contributed by atoms with Crippen LogP contribution in [0.3, 0.4) is 0 Å². The van der Waals surface area contributed by atoms with Crippen LogP contribution in [0.5, 0.6) is 5.75 Å². The normalized spacial score (nSPS) is 37.4. The van der Waals surface area contributed by atoms with Crippen LogP contribution >= 0.6 is 19.4 Å². The Morgan fingerprint density at radius 2 is 1.57 bits per heavy atom. The average molecular weight is 412 g/mol. The standard InChI is InChI=1S/C17H20O.2ClH.Ru/c1-12-4-2-3-5-16(12)18-17-9-13-6-14(10-17)8-15(7-13)11-17;;;/h1-5,13-15H,6-11H2;2*1H;/q;;;+2/p-2. The summed E-state index contributed by atoms with van der Waals surface area (Å²) in [4.78, 5) is 0. The third kappa shape index (κ3) is 2.97. The third-order valence-corrected chi connectivity index (χ3v) is 7.25. The van der Waals surface area contributed by atoms with Crippen molar-refractivity contribution in [2.75, 3.05) is 0 Å². The van der Waals surface area contributed by atoms with Crippen LogP contribution in [0.4, 0.5) is 0 Å². The van der Waals surface area contributed by atoms with E-state index in [9.17, 15) is 0 Å². The van der Waals surface area contributed by atoms with E-state index in [0.717, 1.165) is 29.1 Å². The Morgan fingerprint density at radius 1 is 1.00 bits per heavy atom. The first kappa shape index (κ1) is 14.7. The fourth-order valence-electron chi connectivity index (χ4n) is 5.13. The summed E-state index contributed by atoms with van der Waals surface area (Å²) in [6.45, 7) is 0. The van der Waals surface area contributed by atoms with Crippen LogP contribution in [-0.4, -0.2) is 10.2 Å². The molecule has 5 rings (SSSR count). The van der Waals surface area contributed by atoms with Gasteiger partial charge in [-0.1, -0.05) is 0 Å². The number of hydrogen-bond donors (Lipinski definition) is 0. The first-order valence-electron chi connectivity index (χ1n) is 7.73. The Labute approximate surface area is 139 Å². The Morgan fingerprint density at radius 3 is 2.14 bits per heavy atom. The maximum absolute atomic E-state index is 6.62. The molecule has 0 spiro atoms. The predicted molar refractivity (Wildman–Crippen MR) is 84.8 cm³/mol. The van der Waals surface area contributed by atoms with Crippen molar-refractivity contribution in [3.8, 4) is 5.75 Å². The van der Waals surface area contributed by atoms with Crippen molar-refractivity contribution >= 4 is 24.0 Å². The van der Waals surface area contributed by atoms with E-state index in [2.05, 4.69) is 12.1 Å². The molecule has 1 aromatic carbocycles. The summed E-state index contributed by atoms with van der Waals surface area (Å²) in [5, 5.41) is 0. The molecule has 0 saturated heterocycles. The van der Waals surface area contributed by atoms with Crippen LogP contribution in [-0.2, 0) is 13.5 Å². The van der Waals surface area contributed by atoms with Gasteiger partial charge >= 0.3 is 140 Å². The number of rotatable bonds is 3. The molecule has 0 N–H and O–H groups in total. The number of benzene rings is 1. The summed E-state index contributed by atoms with van der Waals surface area (Å²) in [5.74, 6) is 3.68. The van der Waals surface area contributed by atoms with Crippen molar-refractivity contribution in [3.05, 3.63) is 29.8 Å². The summed E-state index contributed by atoms with van der Waals surface area (Å²) in [7, 11) is 12.1. The molecule has 4 aliphatic carbocycles. The van der Waals surface area contributed by atoms with E-state index in [1.807, 2.05) is 16.7 Å². The van der Waals surface area contributed by atoms with Crippen LogP contribution < -0.4 is 4.74 Å². The topological polar surface area (TPSA) is 9.23 Å². The van der Waals surface area contributed by atoms with Crippen LogP contribution in [0.25, 0.3) is 0 Å². The Bertz CT molecular complexity index is 545. The summed E-state index contributed by atoms with van der Waals surface area (Å²) >= 11 is -1.82. The summed E-state index contributed by atoms with van der Waals surface area (Å²) in [6, 6.07) is 8.23. The molecule has 0 radical (unpaired) electrons. The van der Waals surface area contributed by atoms with Gasteiger partial charge in [-0.3, -0.25) is 0 Å². The quantitative estimate of drug-likeness (QED) is 0.627. The molecule has 4 fully saturated rings. The van der Waals surface area contributed by atoms with Crippen LogP contribution in [0, 0.1) is 17.8 Å². The molecule has 0 heterocycles. The van der Waals surface area contributed by atoms with Crippen LogP contribution in [0.2, 0.25) is 0 Å². The molecule has 1 aromatic rings. The molecule has 0 aromatic heterocycles. The van der Waals surface area contributed by atoms with Gasteiger partial charge in [-0.2, -0.15) is 0 Å². The molecule has 4 saturated carbocycles. The molecule has 0 unspecified atom stereocenters. The zero-order valence-corrected chi connectivity index (χ0v) is 15.1. The van der Waals surface area contributed by atoms with Gasteiger partial charge in [0.25, 0.3) is 0 Å². The van der Waals surface area contributed by atoms with E-state index in [1.54, 1.807) is 0 Å². The monoisotopic (exact) mass is 412 g/mol.